The van der Waals surface area contributed by atoms with Crippen LogP contribution in [0.4, 0.5) is 0 Å². The van der Waals surface area contributed by atoms with Gasteiger partial charge in [0.15, 0.2) is 5.78 Å². The molecule has 7 heteroatoms. The van der Waals surface area contributed by atoms with Gasteiger partial charge in [0.25, 0.3) is 5.19 Å². The van der Waals surface area contributed by atoms with E-state index in [-0.39, 0.29) is 17.1 Å². The Morgan fingerprint density at radius 1 is 1.13 bits per heavy atom. The van der Waals surface area contributed by atoms with Crippen LogP contribution < -0.4 is 4.74 Å². The van der Waals surface area contributed by atoms with Gasteiger partial charge < -0.3 is 14.6 Å². The van der Waals surface area contributed by atoms with E-state index in [1.165, 1.54) is 11.3 Å². The Kier molecular flexibility index (Phi) is 5.36. The molecule has 1 aliphatic heterocycles. The number of fused-ring (bicyclic) bond motifs is 1. The van der Waals surface area contributed by atoms with Crippen LogP contribution in [0.5, 0.6) is 10.9 Å². The molecular formula is C24H24ClNO4S. The molecule has 1 N–H and O–H groups in total. The first-order valence-corrected chi connectivity index (χ1v) is 11.3. The molecule has 0 fully saturated rings. The number of hydrogen-bond donors (Lipinski definition) is 1. The van der Waals surface area contributed by atoms with Gasteiger partial charge in [-0.2, -0.15) is 0 Å². The Morgan fingerprint density at radius 2 is 1.87 bits per heavy atom. The Labute approximate surface area is 190 Å². The summed E-state index contributed by atoms with van der Waals surface area (Å²) in [6, 6.07) is 11.1. The Morgan fingerprint density at radius 3 is 2.58 bits per heavy atom. The first kappa shape index (κ1) is 21.8. The minimum atomic E-state index is -1.06. The number of Topliss-reactive ketones (excluding diaryl/α,β-unsaturated/α-hetero) is 1. The molecule has 2 aromatic carbocycles. The lowest BCUT2D eigenvalue weighted by Crippen LogP contribution is -2.49. The number of ether oxygens (including phenoxy) is 2. The average molecular weight is 458 g/mol. The molecule has 162 valence electrons. The summed E-state index contributed by atoms with van der Waals surface area (Å²) >= 11 is 7.47. The lowest BCUT2D eigenvalue weighted by molar-refractivity contribution is -0.158. The number of carbonyl (C=O) groups excluding carboxylic acids is 1. The smallest absolute Gasteiger partial charge is 0.279 e. The summed E-state index contributed by atoms with van der Waals surface area (Å²) in [6.45, 7) is 8.97. The zero-order valence-corrected chi connectivity index (χ0v) is 19.6. The van der Waals surface area contributed by atoms with Gasteiger partial charge in [0.05, 0.1) is 15.8 Å². The quantitative estimate of drug-likeness (QED) is 0.470. The van der Waals surface area contributed by atoms with E-state index >= 15 is 0 Å². The van der Waals surface area contributed by atoms with Gasteiger partial charge in [-0.25, -0.2) is 4.98 Å². The van der Waals surface area contributed by atoms with Crippen molar-refractivity contribution in [2.24, 2.45) is 0 Å². The van der Waals surface area contributed by atoms with Gasteiger partial charge in [0.2, 0.25) is 0 Å². The molecule has 3 aromatic rings. The molecule has 5 nitrogen and oxygen atoms in total. The van der Waals surface area contributed by atoms with E-state index in [1.54, 1.807) is 39.8 Å². The SMILES string of the molecule is CCc1ccc(Oc2nc3cc(Cl)ccc3s2)cc1C1=C(O)C(C)(C)OC(C)(C)C1=O. The maximum atomic E-state index is 13.2. The molecule has 0 bridgehead atoms. The zero-order valence-electron chi connectivity index (χ0n) is 18.1. The van der Waals surface area contributed by atoms with E-state index in [0.29, 0.717) is 28.0 Å². The summed E-state index contributed by atoms with van der Waals surface area (Å²) in [5, 5.41) is 12.0. The molecule has 0 unspecified atom stereocenters. The van der Waals surface area contributed by atoms with Crippen LogP contribution in [0, 0.1) is 0 Å². The average Bonchev–Trinajstić information content (AvgIpc) is 3.07. The monoisotopic (exact) mass is 457 g/mol. The second kappa shape index (κ2) is 7.62. The summed E-state index contributed by atoms with van der Waals surface area (Å²) in [5.41, 5.74) is 0.587. The normalized spacial score (nSPS) is 17.9. The van der Waals surface area contributed by atoms with Gasteiger partial charge >= 0.3 is 0 Å². The van der Waals surface area contributed by atoms with Crippen molar-refractivity contribution < 1.29 is 19.4 Å². The third kappa shape index (κ3) is 3.95. The maximum absolute atomic E-state index is 13.2. The topological polar surface area (TPSA) is 68.7 Å². The number of aliphatic hydroxyl groups excluding tert-OH is 1. The van der Waals surface area contributed by atoms with Crippen molar-refractivity contribution in [2.75, 3.05) is 0 Å². The number of rotatable bonds is 4. The molecule has 4 rings (SSSR count). The van der Waals surface area contributed by atoms with Gasteiger partial charge in [-0.15, -0.1) is 0 Å². The summed E-state index contributed by atoms with van der Waals surface area (Å²) < 4.78 is 12.9. The third-order valence-electron chi connectivity index (χ3n) is 5.36. The minimum absolute atomic E-state index is 0.0710. The Balaban J connectivity index is 1.79. The Bertz CT molecular complexity index is 1230. The second-order valence-corrected chi connectivity index (χ2v) is 9.97. The molecular weight excluding hydrogens is 434 g/mol. The van der Waals surface area contributed by atoms with Crippen LogP contribution in [0.15, 0.2) is 42.2 Å². The fraction of sp³-hybridized carbons (Fsp3) is 0.333. The number of halogens is 1. The Hall–Kier alpha value is -2.41. The standard InChI is InChI=1S/C24H24ClNO4S/c1-6-13-7-9-15(29-22-26-17-11-14(25)8-10-18(17)31-22)12-16(13)19-20(27)23(2,3)30-24(4,5)21(19)28/h7-12,27H,6H2,1-5H3. The van der Waals surface area contributed by atoms with E-state index in [4.69, 9.17) is 21.1 Å². The molecule has 0 aliphatic carbocycles. The molecule has 0 atom stereocenters. The van der Waals surface area contributed by atoms with Crippen molar-refractivity contribution >= 4 is 44.5 Å². The van der Waals surface area contributed by atoms with Crippen molar-refractivity contribution in [3.05, 3.63) is 58.3 Å². The number of carbonyl (C=O) groups is 1. The second-order valence-electron chi connectivity index (χ2n) is 8.54. The molecule has 2 heterocycles. The molecule has 0 radical (unpaired) electrons. The largest absolute Gasteiger partial charge is 0.508 e. The summed E-state index contributed by atoms with van der Waals surface area (Å²) in [6.07, 6.45) is 0.695. The highest BCUT2D eigenvalue weighted by molar-refractivity contribution is 7.20. The molecule has 0 saturated carbocycles. The third-order valence-corrected chi connectivity index (χ3v) is 6.51. The summed E-state index contributed by atoms with van der Waals surface area (Å²) in [5.74, 6) is 0.205. The van der Waals surface area contributed by atoms with E-state index in [9.17, 15) is 9.90 Å². The first-order chi connectivity index (χ1) is 14.5. The van der Waals surface area contributed by atoms with Crippen molar-refractivity contribution in [3.8, 4) is 10.9 Å². The van der Waals surface area contributed by atoms with Crippen molar-refractivity contribution in [2.45, 2.75) is 52.2 Å². The molecule has 0 spiro atoms. The number of aryl methyl sites for hydroxylation is 1. The van der Waals surface area contributed by atoms with Crippen LogP contribution >= 0.6 is 22.9 Å². The number of thiazole rings is 1. The fourth-order valence-corrected chi connectivity index (χ4v) is 4.86. The fourth-order valence-electron chi connectivity index (χ4n) is 3.88. The predicted octanol–water partition coefficient (Wildman–Crippen LogP) is 6.73. The van der Waals surface area contributed by atoms with Crippen LogP contribution in [-0.4, -0.2) is 27.1 Å². The highest BCUT2D eigenvalue weighted by atomic mass is 35.5. The molecule has 0 saturated heterocycles. The molecule has 1 aliphatic rings. The molecule has 0 amide bonds. The van der Waals surface area contributed by atoms with Gasteiger partial charge in [-0.05, 0) is 75.6 Å². The van der Waals surface area contributed by atoms with Gasteiger partial charge in [0.1, 0.15) is 22.7 Å². The molecule has 1 aromatic heterocycles. The lowest BCUT2D eigenvalue weighted by Gasteiger charge is -2.40. The van der Waals surface area contributed by atoms with Crippen LogP contribution in [-0.2, 0) is 16.0 Å². The van der Waals surface area contributed by atoms with Gasteiger partial charge in [-0.3, -0.25) is 4.79 Å². The van der Waals surface area contributed by atoms with Crippen LogP contribution in [0.3, 0.4) is 0 Å². The van der Waals surface area contributed by atoms with Crippen molar-refractivity contribution in [1.29, 1.82) is 0 Å². The van der Waals surface area contributed by atoms with Crippen LogP contribution in [0.2, 0.25) is 5.02 Å². The van der Waals surface area contributed by atoms with Crippen LogP contribution in [0.1, 0.15) is 45.7 Å². The number of aromatic nitrogens is 1. The number of hydrogen-bond acceptors (Lipinski definition) is 6. The first-order valence-electron chi connectivity index (χ1n) is 10.1. The number of benzene rings is 2. The summed E-state index contributed by atoms with van der Waals surface area (Å²) in [7, 11) is 0. The number of nitrogens with zero attached hydrogens (tertiary/aromatic N) is 1. The van der Waals surface area contributed by atoms with Gasteiger partial charge in [-0.1, -0.05) is 35.9 Å². The van der Waals surface area contributed by atoms with Crippen LogP contribution in [0.25, 0.3) is 15.8 Å². The highest BCUT2D eigenvalue weighted by Gasteiger charge is 2.47. The van der Waals surface area contributed by atoms with Crippen molar-refractivity contribution in [3.63, 3.8) is 0 Å². The summed E-state index contributed by atoms with van der Waals surface area (Å²) in [4.78, 5) is 17.7. The number of aliphatic hydroxyl groups is 1. The van der Waals surface area contributed by atoms with Gasteiger partial charge in [0, 0.05) is 5.02 Å². The maximum Gasteiger partial charge on any atom is 0.279 e. The van der Waals surface area contributed by atoms with Crippen molar-refractivity contribution in [1.82, 2.24) is 4.98 Å². The highest BCUT2D eigenvalue weighted by Crippen LogP contribution is 2.42. The predicted molar refractivity (Wildman–Crippen MR) is 124 cm³/mol. The minimum Gasteiger partial charge on any atom is -0.508 e. The zero-order chi connectivity index (χ0) is 22.6. The van der Waals surface area contributed by atoms with E-state index < -0.39 is 11.2 Å². The van der Waals surface area contributed by atoms with E-state index in [1.807, 2.05) is 31.2 Å². The number of ketones is 1. The van der Waals surface area contributed by atoms with E-state index in [0.717, 1.165) is 15.8 Å². The molecule has 31 heavy (non-hydrogen) atoms. The lowest BCUT2D eigenvalue weighted by atomic mass is 9.81. The van der Waals surface area contributed by atoms with E-state index in [2.05, 4.69) is 4.98 Å².